The van der Waals surface area contributed by atoms with Gasteiger partial charge in [0.15, 0.2) is 0 Å². The van der Waals surface area contributed by atoms with Crippen LogP contribution in [0.5, 0.6) is 0 Å². The van der Waals surface area contributed by atoms with Crippen molar-refractivity contribution >= 4 is 17.2 Å². The summed E-state index contributed by atoms with van der Waals surface area (Å²) in [5.74, 6) is 1.08. The summed E-state index contributed by atoms with van der Waals surface area (Å²) in [6, 6.07) is 11.3. The van der Waals surface area contributed by atoms with Crippen molar-refractivity contribution in [3.63, 3.8) is 0 Å². The molecular formula is C22H30FN5. The monoisotopic (exact) mass is 383 g/mol. The van der Waals surface area contributed by atoms with Gasteiger partial charge in [0.1, 0.15) is 11.6 Å². The quantitative estimate of drug-likeness (QED) is 0.828. The highest BCUT2D eigenvalue weighted by Crippen LogP contribution is 2.27. The lowest BCUT2D eigenvalue weighted by atomic mass is 9.93. The van der Waals surface area contributed by atoms with Gasteiger partial charge in [0.25, 0.3) is 0 Å². The van der Waals surface area contributed by atoms with Crippen LogP contribution in [0.25, 0.3) is 0 Å². The minimum Gasteiger partial charge on any atom is -0.371 e. The summed E-state index contributed by atoms with van der Waals surface area (Å²) >= 11 is 0. The van der Waals surface area contributed by atoms with Crippen LogP contribution in [0, 0.1) is 11.7 Å². The van der Waals surface area contributed by atoms with Gasteiger partial charge in [0.05, 0.1) is 0 Å². The third-order valence-corrected chi connectivity index (χ3v) is 5.86. The van der Waals surface area contributed by atoms with E-state index in [1.807, 2.05) is 12.3 Å². The van der Waals surface area contributed by atoms with Crippen LogP contribution in [0.1, 0.15) is 25.7 Å². The Kier molecular flexibility index (Phi) is 5.95. The van der Waals surface area contributed by atoms with Gasteiger partial charge < -0.3 is 20.9 Å². The third-order valence-electron chi connectivity index (χ3n) is 5.86. The van der Waals surface area contributed by atoms with Crippen LogP contribution in [0.2, 0.25) is 0 Å². The van der Waals surface area contributed by atoms with E-state index < -0.39 is 0 Å². The first kappa shape index (κ1) is 19.0. The van der Waals surface area contributed by atoms with Gasteiger partial charge in [-0.1, -0.05) is 6.07 Å². The fourth-order valence-corrected chi connectivity index (χ4v) is 4.42. The summed E-state index contributed by atoms with van der Waals surface area (Å²) in [4.78, 5) is 9.22. The first-order valence-electron chi connectivity index (χ1n) is 10.4. The predicted octanol–water partition coefficient (Wildman–Crippen LogP) is 3.48. The molecule has 150 valence electrons. The van der Waals surface area contributed by atoms with Gasteiger partial charge in [-0.05, 0) is 62.4 Å². The molecule has 2 saturated heterocycles. The Morgan fingerprint density at radius 3 is 2.64 bits per heavy atom. The molecule has 1 aromatic carbocycles. The maximum Gasteiger partial charge on any atom is 0.128 e. The molecule has 2 aliphatic heterocycles. The number of hydrogen-bond acceptors (Lipinski definition) is 5. The van der Waals surface area contributed by atoms with Crippen molar-refractivity contribution in [2.45, 2.75) is 31.7 Å². The zero-order valence-corrected chi connectivity index (χ0v) is 16.4. The lowest BCUT2D eigenvalue weighted by Gasteiger charge is -2.39. The first-order chi connectivity index (χ1) is 13.7. The van der Waals surface area contributed by atoms with Gasteiger partial charge in [-0.25, -0.2) is 9.37 Å². The molecule has 0 radical (unpaired) electrons. The molecule has 2 atom stereocenters. The van der Waals surface area contributed by atoms with Crippen molar-refractivity contribution in [3.05, 3.63) is 48.4 Å². The topological polar surface area (TPSA) is 57.4 Å². The van der Waals surface area contributed by atoms with E-state index in [-0.39, 0.29) is 11.9 Å². The van der Waals surface area contributed by atoms with Crippen molar-refractivity contribution in [1.29, 1.82) is 0 Å². The van der Waals surface area contributed by atoms with Crippen molar-refractivity contribution in [3.8, 4) is 0 Å². The maximum absolute atomic E-state index is 13.7. The molecule has 2 aliphatic rings. The van der Waals surface area contributed by atoms with Crippen LogP contribution < -0.4 is 20.9 Å². The third kappa shape index (κ3) is 4.55. The highest BCUT2D eigenvalue weighted by Gasteiger charge is 2.27. The molecule has 0 spiro atoms. The fourth-order valence-electron chi connectivity index (χ4n) is 4.42. The Hall–Kier alpha value is -2.34. The molecular weight excluding hydrogens is 353 g/mol. The molecule has 0 saturated carbocycles. The van der Waals surface area contributed by atoms with E-state index in [4.69, 9.17) is 5.73 Å². The Bertz CT molecular complexity index is 777. The van der Waals surface area contributed by atoms with Gasteiger partial charge >= 0.3 is 0 Å². The van der Waals surface area contributed by atoms with Crippen LogP contribution in [-0.4, -0.2) is 43.7 Å². The van der Waals surface area contributed by atoms with Crippen molar-refractivity contribution < 1.29 is 4.39 Å². The zero-order valence-electron chi connectivity index (χ0n) is 16.4. The number of halogens is 1. The standard InChI is InChI=1S/C22H30FN5/c23-18-5-4-6-20(12-18)28-15-17(14-24)11-19(16-28)26-22-13-21(7-8-25-22)27-9-2-1-3-10-27/h4-8,12-13,17,19H,1-3,9-11,14-16,24H2,(H,25,26)/t17-,19+/m1/s1. The number of pyridine rings is 1. The molecule has 0 unspecified atom stereocenters. The van der Waals surface area contributed by atoms with E-state index >= 15 is 0 Å². The molecule has 1 aromatic heterocycles. The van der Waals surface area contributed by atoms with Crippen molar-refractivity contribution in [1.82, 2.24) is 4.98 Å². The van der Waals surface area contributed by atoms with Crippen molar-refractivity contribution in [2.75, 3.05) is 47.8 Å². The summed E-state index contributed by atoms with van der Waals surface area (Å²) in [6.07, 6.45) is 6.73. The SMILES string of the molecule is NC[C@H]1C[C@H](Nc2cc(N3CCCCC3)ccn2)CN(c2cccc(F)c2)C1. The van der Waals surface area contributed by atoms with Crippen LogP contribution >= 0.6 is 0 Å². The van der Waals surface area contributed by atoms with Gasteiger partial charge in [-0.2, -0.15) is 0 Å². The zero-order chi connectivity index (χ0) is 19.3. The minimum absolute atomic E-state index is 0.201. The lowest BCUT2D eigenvalue weighted by molar-refractivity contribution is 0.397. The number of anilines is 3. The summed E-state index contributed by atoms with van der Waals surface area (Å²) < 4.78 is 13.7. The number of piperidine rings is 2. The van der Waals surface area contributed by atoms with Crippen LogP contribution in [-0.2, 0) is 0 Å². The normalized spacial score (nSPS) is 22.9. The second-order valence-electron chi connectivity index (χ2n) is 8.01. The Morgan fingerprint density at radius 1 is 1.04 bits per heavy atom. The fraction of sp³-hybridized carbons (Fsp3) is 0.500. The predicted molar refractivity (Wildman–Crippen MR) is 113 cm³/mol. The highest BCUT2D eigenvalue weighted by molar-refractivity contribution is 5.55. The summed E-state index contributed by atoms with van der Waals surface area (Å²) in [5.41, 5.74) is 8.16. The Labute approximate surface area is 166 Å². The van der Waals surface area contributed by atoms with E-state index in [2.05, 4.69) is 32.2 Å². The average Bonchev–Trinajstić information content (AvgIpc) is 2.74. The molecule has 0 bridgehead atoms. The number of rotatable bonds is 5. The molecule has 3 heterocycles. The molecule has 6 heteroatoms. The van der Waals surface area contributed by atoms with Gasteiger partial charge in [0.2, 0.25) is 0 Å². The maximum atomic E-state index is 13.7. The summed E-state index contributed by atoms with van der Waals surface area (Å²) in [7, 11) is 0. The largest absolute Gasteiger partial charge is 0.371 e. The van der Waals surface area contributed by atoms with Gasteiger partial charge in [0, 0.05) is 55.9 Å². The minimum atomic E-state index is -0.201. The van der Waals surface area contributed by atoms with Crippen LogP contribution in [0.4, 0.5) is 21.6 Å². The van der Waals surface area contributed by atoms with Crippen molar-refractivity contribution in [2.24, 2.45) is 11.7 Å². The molecule has 2 fully saturated rings. The highest BCUT2D eigenvalue weighted by atomic mass is 19.1. The second-order valence-corrected chi connectivity index (χ2v) is 8.01. The average molecular weight is 384 g/mol. The van der Waals surface area contributed by atoms with E-state index in [1.165, 1.54) is 31.0 Å². The van der Waals surface area contributed by atoms with Crippen LogP contribution in [0.3, 0.4) is 0 Å². The molecule has 28 heavy (non-hydrogen) atoms. The molecule has 4 rings (SSSR count). The Balaban J connectivity index is 1.47. The van der Waals surface area contributed by atoms with E-state index in [0.29, 0.717) is 12.5 Å². The van der Waals surface area contributed by atoms with Gasteiger partial charge in [-0.15, -0.1) is 0 Å². The number of aromatic nitrogens is 1. The molecule has 0 amide bonds. The summed E-state index contributed by atoms with van der Waals surface area (Å²) in [6.45, 7) is 4.55. The summed E-state index contributed by atoms with van der Waals surface area (Å²) in [5, 5.41) is 3.61. The van der Waals surface area contributed by atoms with Gasteiger partial charge in [-0.3, -0.25) is 0 Å². The number of nitrogens with zero attached hydrogens (tertiary/aromatic N) is 3. The van der Waals surface area contributed by atoms with E-state index in [9.17, 15) is 4.39 Å². The molecule has 0 aliphatic carbocycles. The smallest absolute Gasteiger partial charge is 0.128 e. The van der Waals surface area contributed by atoms with E-state index in [1.54, 1.807) is 12.1 Å². The molecule has 3 N–H and O–H groups in total. The van der Waals surface area contributed by atoms with Crippen LogP contribution in [0.15, 0.2) is 42.6 Å². The first-order valence-corrected chi connectivity index (χ1v) is 10.4. The second kappa shape index (κ2) is 8.78. The van der Waals surface area contributed by atoms with E-state index in [0.717, 1.165) is 44.1 Å². The number of hydrogen-bond donors (Lipinski definition) is 2. The number of nitrogens with two attached hydrogens (primary N) is 1. The number of benzene rings is 1. The molecule has 2 aromatic rings. The number of nitrogens with one attached hydrogen (secondary N) is 1. The molecule has 5 nitrogen and oxygen atoms in total. The lowest BCUT2D eigenvalue weighted by Crippen LogP contribution is -2.48. The Morgan fingerprint density at radius 2 is 1.86 bits per heavy atom.